The van der Waals surface area contributed by atoms with Gasteiger partial charge in [0.15, 0.2) is 9.84 Å². The van der Waals surface area contributed by atoms with Gasteiger partial charge in [0, 0.05) is 13.0 Å². The number of rotatable bonds is 1. The zero-order valence-electron chi connectivity index (χ0n) is 7.48. The molecule has 0 bridgehead atoms. The lowest BCUT2D eigenvalue weighted by Crippen LogP contribution is -2.13. The van der Waals surface area contributed by atoms with E-state index in [9.17, 15) is 8.42 Å². The first-order valence-corrected chi connectivity index (χ1v) is 6.65. The van der Waals surface area contributed by atoms with Crippen LogP contribution in [-0.4, -0.2) is 34.7 Å². The molecule has 0 atom stereocenters. The molecule has 14 heavy (non-hydrogen) atoms. The molecule has 1 aromatic heterocycles. The molecule has 5 nitrogen and oxygen atoms in total. The van der Waals surface area contributed by atoms with Crippen molar-refractivity contribution in [3.05, 3.63) is 11.6 Å². The summed E-state index contributed by atoms with van der Waals surface area (Å²) in [5.74, 6) is 1.96. The second-order valence-corrected chi connectivity index (χ2v) is 5.79. The van der Waals surface area contributed by atoms with E-state index < -0.39 is 9.84 Å². The van der Waals surface area contributed by atoms with Crippen molar-refractivity contribution in [3.8, 4) is 0 Å². The summed E-state index contributed by atoms with van der Waals surface area (Å²) in [5, 5.41) is 7.81. The Morgan fingerprint density at radius 2 is 2.14 bits per heavy atom. The van der Waals surface area contributed by atoms with Gasteiger partial charge < -0.3 is 4.57 Å². The molecule has 0 N–H and O–H groups in total. The third-order valence-electron chi connectivity index (χ3n) is 2.29. The van der Waals surface area contributed by atoms with Gasteiger partial charge in [-0.3, -0.25) is 0 Å². The normalized spacial score (nSPS) is 20.1. The summed E-state index contributed by atoms with van der Waals surface area (Å²) < 4.78 is 24.5. The van der Waals surface area contributed by atoms with E-state index in [-0.39, 0.29) is 17.4 Å². The third kappa shape index (κ3) is 1.76. The molecule has 0 aromatic carbocycles. The van der Waals surface area contributed by atoms with E-state index in [1.54, 1.807) is 4.57 Å². The van der Waals surface area contributed by atoms with Gasteiger partial charge >= 0.3 is 0 Å². The van der Waals surface area contributed by atoms with Crippen LogP contribution in [0.3, 0.4) is 0 Å². The van der Waals surface area contributed by atoms with Crippen molar-refractivity contribution < 1.29 is 8.42 Å². The van der Waals surface area contributed by atoms with Crippen molar-refractivity contribution >= 4 is 21.4 Å². The first-order valence-electron chi connectivity index (χ1n) is 4.30. The summed E-state index contributed by atoms with van der Waals surface area (Å²) in [5.41, 5.74) is 0. The fourth-order valence-corrected chi connectivity index (χ4v) is 2.85. The van der Waals surface area contributed by atoms with Crippen LogP contribution in [-0.2, 0) is 28.7 Å². The minimum absolute atomic E-state index is 0.155. The van der Waals surface area contributed by atoms with Crippen LogP contribution in [0.5, 0.6) is 0 Å². The summed E-state index contributed by atoms with van der Waals surface area (Å²) in [7, 11) is -2.91. The second-order valence-electron chi connectivity index (χ2n) is 3.22. The molecule has 0 fully saturated rings. The molecule has 0 saturated carbocycles. The first kappa shape index (κ1) is 9.92. The smallest absolute Gasteiger partial charge is 0.152 e. The lowest BCUT2D eigenvalue weighted by atomic mass is 10.4. The Balaban J connectivity index is 2.35. The summed E-state index contributed by atoms with van der Waals surface area (Å²) in [4.78, 5) is 0. The molecule has 1 aliphatic heterocycles. The molecule has 0 radical (unpaired) electrons. The SMILES string of the molecule is O=S1(=O)CCc2nnc(CCl)n2CC1. The van der Waals surface area contributed by atoms with Crippen molar-refractivity contribution in [1.82, 2.24) is 14.8 Å². The van der Waals surface area contributed by atoms with E-state index >= 15 is 0 Å². The number of fused-ring (bicyclic) bond motifs is 1. The number of aromatic nitrogens is 3. The average Bonchev–Trinajstić information content (AvgIpc) is 2.47. The van der Waals surface area contributed by atoms with Gasteiger partial charge in [-0.1, -0.05) is 0 Å². The lowest BCUT2D eigenvalue weighted by molar-refractivity contribution is 0.592. The number of nitrogens with zero attached hydrogens (tertiary/aromatic N) is 3. The van der Waals surface area contributed by atoms with Crippen molar-refractivity contribution in [2.75, 3.05) is 11.5 Å². The molecule has 2 heterocycles. The van der Waals surface area contributed by atoms with Crippen LogP contribution in [0, 0.1) is 0 Å². The molecule has 0 amide bonds. The molecule has 0 aliphatic carbocycles. The van der Waals surface area contributed by atoms with Gasteiger partial charge in [-0.2, -0.15) is 0 Å². The van der Waals surface area contributed by atoms with E-state index in [1.165, 1.54) is 0 Å². The van der Waals surface area contributed by atoms with E-state index in [1.807, 2.05) is 0 Å². The average molecular weight is 236 g/mol. The van der Waals surface area contributed by atoms with Crippen LogP contribution >= 0.6 is 11.6 Å². The molecule has 0 spiro atoms. The zero-order valence-corrected chi connectivity index (χ0v) is 9.05. The summed E-state index contributed by atoms with van der Waals surface area (Å²) >= 11 is 5.66. The van der Waals surface area contributed by atoms with Crippen molar-refractivity contribution in [2.24, 2.45) is 0 Å². The number of alkyl halides is 1. The molecule has 78 valence electrons. The van der Waals surface area contributed by atoms with Gasteiger partial charge in [-0.25, -0.2) is 8.42 Å². The molecular weight excluding hydrogens is 226 g/mol. The van der Waals surface area contributed by atoms with Crippen LogP contribution in [0.1, 0.15) is 11.6 Å². The molecule has 7 heteroatoms. The molecule has 0 saturated heterocycles. The van der Waals surface area contributed by atoms with Gasteiger partial charge in [0.1, 0.15) is 11.6 Å². The molecule has 1 aromatic rings. The van der Waals surface area contributed by atoms with E-state index in [0.717, 1.165) is 5.82 Å². The number of halogens is 1. The fraction of sp³-hybridized carbons (Fsp3) is 0.714. The van der Waals surface area contributed by atoms with E-state index in [4.69, 9.17) is 11.6 Å². The topological polar surface area (TPSA) is 64.8 Å². The highest BCUT2D eigenvalue weighted by Crippen LogP contribution is 2.11. The second kappa shape index (κ2) is 3.51. The Hall–Kier alpha value is -0.620. The summed E-state index contributed by atoms with van der Waals surface area (Å²) in [6.07, 6.45) is 0.437. The molecule has 2 rings (SSSR count). The zero-order chi connectivity index (χ0) is 10.2. The van der Waals surface area contributed by atoms with Crippen LogP contribution in [0.2, 0.25) is 0 Å². The predicted molar refractivity (Wildman–Crippen MR) is 51.9 cm³/mol. The maximum Gasteiger partial charge on any atom is 0.152 e. The molecule has 0 unspecified atom stereocenters. The monoisotopic (exact) mass is 235 g/mol. The van der Waals surface area contributed by atoms with Gasteiger partial charge in [0.05, 0.1) is 17.4 Å². The Kier molecular flexibility index (Phi) is 2.48. The number of aryl methyl sites for hydroxylation is 1. The fourth-order valence-electron chi connectivity index (χ4n) is 1.49. The lowest BCUT2D eigenvalue weighted by Gasteiger charge is -2.02. The highest BCUT2D eigenvalue weighted by molar-refractivity contribution is 7.91. The number of sulfone groups is 1. The van der Waals surface area contributed by atoms with Crippen molar-refractivity contribution in [3.63, 3.8) is 0 Å². The van der Waals surface area contributed by atoms with Gasteiger partial charge in [0.2, 0.25) is 0 Å². The molecule has 1 aliphatic rings. The predicted octanol–water partition coefficient (Wildman–Crippen LogP) is -0.0122. The van der Waals surface area contributed by atoms with Gasteiger partial charge in [0.25, 0.3) is 0 Å². The van der Waals surface area contributed by atoms with Crippen LogP contribution in [0.15, 0.2) is 0 Å². The minimum Gasteiger partial charge on any atom is -0.313 e. The number of hydrogen-bond acceptors (Lipinski definition) is 4. The maximum atomic E-state index is 11.3. The highest BCUT2D eigenvalue weighted by atomic mass is 35.5. The van der Waals surface area contributed by atoms with Gasteiger partial charge in [-0.05, 0) is 0 Å². The Morgan fingerprint density at radius 1 is 1.36 bits per heavy atom. The van der Waals surface area contributed by atoms with Crippen molar-refractivity contribution in [2.45, 2.75) is 18.8 Å². The maximum absolute atomic E-state index is 11.3. The van der Waals surface area contributed by atoms with E-state index in [2.05, 4.69) is 10.2 Å². The van der Waals surface area contributed by atoms with E-state index in [0.29, 0.717) is 18.8 Å². The Morgan fingerprint density at radius 3 is 2.86 bits per heavy atom. The first-order chi connectivity index (χ1) is 6.62. The standard InChI is InChI=1S/C7H10ClN3O2S/c8-5-7-10-9-6-1-3-14(12,13)4-2-11(6)7/h1-5H2. The number of hydrogen-bond donors (Lipinski definition) is 0. The van der Waals surface area contributed by atoms with Crippen LogP contribution in [0.25, 0.3) is 0 Å². The van der Waals surface area contributed by atoms with Crippen LogP contribution in [0.4, 0.5) is 0 Å². The van der Waals surface area contributed by atoms with Crippen LogP contribution < -0.4 is 0 Å². The van der Waals surface area contributed by atoms with Crippen molar-refractivity contribution in [1.29, 1.82) is 0 Å². The summed E-state index contributed by atoms with van der Waals surface area (Å²) in [6, 6.07) is 0. The largest absolute Gasteiger partial charge is 0.313 e. The Bertz CT molecular complexity index is 440. The third-order valence-corrected chi connectivity index (χ3v) is 4.16. The quantitative estimate of drug-likeness (QED) is 0.643. The highest BCUT2D eigenvalue weighted by Gasteiger charge is 2.21. The molecular formula is C7H10ClN3O2S. The van der Waals surface area contributed by atoms with Gasteiger partial charge in [-0.15, -0.1) is 21.8 Å². The minimum atomic E-state index is -2.91. The Labute approximate surface area is 87.0 Å². The summed E-state index contributed by atoms with van der Waals surface area (Å²) in [6.45, 7) is 0.423.